The van der Waals surface area contributed by atoms with E-state index in [0.717, 1.165) is 0 Å². The number of methoxy groups -OCH3 is 2. The summed E-state index contributed by atoms with van der Waals surface area (Å²) < 4.78 is 37.6. The summed E-state index contributed by atoms with van der Waals surface area (Å²) >= 11 is 3.28. The summed E-state index contributed by atoms with van der Waals surface area (Å²) in [6.07, 6.45) is 0.565. The maximum atomic E-state index is 12.2. The average Bonchev–Trinajstić information content (AvgIpc) is 2.38. The Morgan fingerprint density at radius 2 is 1.85 bits per heavy atom. The number of sulfonamides is 1. The SMILES string of the molecule is COc1cc(S(=O)(=O)NCCCN)c(OC)cc1Br.Cl. The van der Waals surface area contributed by atoms with Crippen LogP contribution in [0.15, 0.2) is 21.5 Å². The summed E-state index contributed by atoms with van der Waals surface area (Å²) in [5.41, 5.74) is 5.33. The Bertz CT molecular complexity index is 539. The minimum absolute atomic E-state index is 0. The summed E-state index contributed by atoms with van der Waals surface area (Å²) in [6, 6.07) is 2.96. The minimum atomic E-state index is -3.66. The van der Waals surface area contributed by atoms with Gasteiger partial charge in [-0.15, -0.1) is 12.4 Å². The molecule has 1 aromatic rings. The fourth-order valence-corrected chi connectivity index (χ4v) is 3.15. The number of nitrogens with one attached hydrogen (secondary N) is 1. The molecule has 0 radical (unpaired) electrons. The third kappa shape index (κ3) is 4.78. The van der Waals surface area contributed by atoms with E-state index in [1.54, 1.807) is 6.07 Å². The Balaban J connectivity index is 0.00000361. The van der Waals surface area contributed by atoms with Crippen LogP contribution in [0.25, 0.3) is 0 Å². The van der Waals surface area contributed by atoms with Gasteiger partial charge in [-0.25, -0.2) is 13.1 Å². The number of nitrogens with two attached hydrogens (primary N) is 1. The first kappa shape index (κ1) is 19.5. The molecule has 9 heteroatoms. The first-order valence-corrected chi connectivity index (χ1v) is 7.85. The normalized spacial score (nSPS) is 10.8. The minimum Gasteiger partial charge on any atom is -0.496 e. The zero-order chi connectivity index (χ0) is 14.5. The highest BCUT2D eigenvalue weighted by atomic mass is 79.9. The van der Waals surface area contributed by atoms with Crippen molar-refractivity contribution in [3.8, 4) is 11.5 Å². The van der Waals surface area contributed by atoms with Gasteiger partial charge in [0, 0.05) is 12.6 Å². The van der Waals surface area contributed by atoms with Crippen LogP contribution in [0.5, 0.6) is 11.5 Å². The smallest absolute Gasteiger partial charge is 0.244 e. The molecule has 0 atom stereocenters. The largest absolute Gasteiger partial charge is 0.496 e. The lowest BCUT2D eigenvalue weighted by molar-refractivity contribution is 0.390. The molecule has 0 aromatic heterocycles. The number of halogens is 2. The lowest BCUT2D eigenvalue weighted by Crippen LogP contribution is -2.26. The van der Waals surface area contributed by atoms with Crippen LogP contribution in [0.2, 0.25) is 0 Å². The molecule has 1 aromatic carbocycles. The van der Waals surface area contributed by atoms with Crippen LogP contribution in [0.3, 0.4) is 0 Å². The predicted octanol–water partition coefficient (Wildman–Crippen LogP) is 1.52. The highest BCUT2D eigenvalue weighted by Gasteiger charge is 2.21. The highest BCUT2D eigenvalue weighted by molar-refractivity contribution is 9.10. The second kappa shape index (κ2) is 8.68. The van der Waals surface area contributed by atoms with E-state index in [2.05, 4.69) is 20.7 Å². The lowest BCUT2D eigenvalue weighted by Gasteiger charge is -2.13. The Hall–Kier alpha value is -0.540. The molecule has 0 saturated heterocycles. The molecule has 0 aliphatic rings. The lowest BCUT2D eigenvalue weighted by atomic mass is 10.3. The van der Waals surface area contributed by atoms with E-state index in [1.165, 1.54) is 20.3 Å². The topological polar surface area (TPSA) is 90.7 Å². The molecule has 0 saturated carbocycles. The molecule has 0 bridgehead atoms. The van der Waals surface area contributed by atoms with Gasteiger partial charge in [0.25, 0.3) is 0 Å². The van der Waals surface area contributed by atoms with Gasteiger partial charge in [0.1, 0.15) is 16.4 Å². The van der Waals surface area contributed by atoms with Crippen molar-refractivity contribution in [2.45, 2.75) is 11.3 Å². The van der Waals surface area contributed by atoms with Crippen LogP contribution >= 0.6 is 28.3 Å². The van der Waals surface area contributed by atoms with Gasteiger partial charge in [-0.3, -0.25) is 0 Å². The molecule has 1 rings (SSSR count). The third-order valence-corrected chi connectivity index (χ3v) is 4.50. The summed E-state index contributed by atoms with van der Waals surface area (Å²) in [6.45, 7) is 0.698. The third-order valence-electron chi connectivity index (χ3n) is 2.40. The number of rotatable bonds is 7. The summed E-state index contributed by atoms with van der Waals surface area (Å²) in [7, 11) is -0.783. The van der Waals surface area contributed by atoms with Gasteiger partial charge in [-0.1, -0.05) is 0 Å². The van der Waals surface area contributed by atoms with Crippen molar-refractivity contribution in [2.75, 3.05) is 27.3 Å². The van der Waals surface area contributed by atoms with Crippen LogP contribution in [-0.4, -0.2) is 35.7 Å². The Morgan fingerprint density at radius 3 is 2.35 bits per heavy atom. The quantitative estimate of drug-likeness (QED) is 0.690. The maximum Gasteiger partial charge on any atom is 0.244 e. The van der Waals surface area contributed by atoms with E-state index in [1.807, 2.05) is 0 Å². The van der Waals surface area contributed by atoms with Gasteiger partial charge in [0.2, 0.25) is 10.0 Å². The van der Waals surface area contributed by atoms with E-state index in [-0.39, 0.29) is 29.6 Å². The summed E-state index contributed by atoms with van der Waals surface area (Å²) in [5.74, 6) is 0.660. The van der Waals surface area contributed by atoms with Gasteiger partial charge < -0.3 is 15.2 Å². The van der Waals surface area contributed by atoms with Gasteiger partial charge >= 0.3 is 0 Å². The molecule has 0 amide bonds. The Kier molecular flexibility index (Phi) is 8.45. The molecule has 0 aliphatic heterocycles. The van der Waals surface area contributed by atoms with Crippen LogP contribution in [0.4, 0.5) is 0 Å². The highest BCUT2D eigenvalue weighted by Crippen LogP contribution is 2.35. The van der Waals surface area contributed by atoms with Crippen molar-refractivity contribution in [1.29, 1.82) is 0 Å². The van der Waals surface area contributed by atoms with Crippen LogP contribution in [0.1, 0.15) is 6.42 Å². The molecule has 20 heavy (non-hydrogen) atoms. The van der Waals surface area contributed by atoms with Gasteiger partial charge in [-0.05, 0) is 35.0 Å². The molecule has 0 aliphatic carbocycles. The Morgan fingerprint density at radius 1 is 1.25 bits per heavy atom. The molecule has 0 fully saturated rings. The number of hydrogen-bond donors (Lipinski definition) is 2. The van der Waals surface area contributed by atoms with Crippen molar-refractivity contribution >= 4 is 38.4 Å². The first-order valence-electron chi connectivity index (χ1n) is 5.57. The number of ether oxygens (including phenoxy) is 2. The fourth-order valence-electron chi connectivity index (χ4n) is 1.43. The van der Waals surface area contributed by atoms with E-state index in [9.17, 15) is 8.42 Å². The molecule has 3 N–H and O–H groups in total. The van der Waals surface area contributed by atoms with Crippen LogP contribution in [-0.2, 0) is 10.0 Å². The van der Waals surface area contributed by atoms with E-state index < -0.39 is 10.0 Å². The predicted molar refractivity (Wildman–Crippen MR) is 83.4 cm³/mol. The summed E-state index contributed by atoms with van der Waals surface area (Å²) in [4.78, 5) is 0.0343. The van der Waals surface area contributed by atoms with Gasteiger partial charge in [0.15, 0.2) is 0 Å². The maximum absolute atomic E-state index is 12.2. The van der Waals surface area contributed by atoms with Crippen LogP contribution < -0.4 is 19.9 Å². The molecule has 116 valence electrons. The molecule has 0 heterocycles. The first-order chi connectivity index (χ1) is 8.96. The summed E-state index contributed by atoms with van der Waals surface area (Å²) in [5, 5.41) is 0. The zero-order valence-corrected chi connectivity index (χ0v) is 14.4. The van der Waals surface area contributed by atoms with Gasteiger partial charge in [0.05, 0.1) is 18.7 Å². The van der Waals surface area contributed by atoms with Crippen molar-refractivity contribution < 1.29 is 17.9 Å². The molecule has 0 spiro atoms. The van der Waals surface area contributed by atoms with Crippen molar-refractivity contribution in [2.24, 2.45) is 5.73 Å². The van der Waals surface area contributed by atoms with Crippen LogP contribution in [0, 0.1) is 0 Å². The monoisotopic (exact) mass is 388 g/mol. The van der Waals surface area contributed by atoms with Gasteiger partial charge in [-0.2, -0.15) is 0 Å². The molecule has 6 nitrogen and oxygen atoms in total. The van der Waals surface area contributed by atoms with Crippen molar-refractivity contribution in [1.82, 2.24) is 4.72 Å². The van der Waals surface area contributed by atoms with Crippen molar-refractivity contribution in [3.63, 3.8) is 0 Å². The van der Waals surface area contributed by atoms with E-state index >= 15 is 0 Å². The van der Waals surface area contributed by atoms with Crippen molar-refractivity contribution in [3.05, 3.63) is 16.6 Å². The molecule has 0 unspecified atom stereocenters. The number of hydrogen-bond acceptors (Lipinski definition) is 5. The number of benzene rings is 1. The van der Waals surface area contributed by atoms with E-state index in [4.69, 9.17) is 15.2 Å². The molecular formula is C11H18BrClN2O4S. The molecular weight excluding hydrogens is 372 g/mol. The Labute approximate surface area is 133 Å². The van der Waals surface area contributed by atoms with E-state index in [0.29, 0.717) is 23.2 Å². The fraction of sp³-hybridized carbons (Fsp3) is 0.455. The second-order valence-corrected chi connectivity index (χ2v) is 6.27. The second-order valence-electron chi connectivity index (χ2n) is 3.68. The standard InChI is InChI=1S/C11H17BrN2O4S.ClH/c1-17-9-7-11(10(18-2)6-8(9)12)19(15,16)14-5-3-4-13;/h6-7,14H,3-5,13H2,1-2H3;1H. The average molecular weight is 390 g/mol. The zero-order valence-electron chi connectivity index (χ0n) is 11.2.